The number of benzene rings is 6. The van der Waals surface area contributed by atoms with Crippen LogP contribution in [0.2, 0.25) is 0 Å². The van der Waals surface area contributed by atoms with Gasteiger partial charge in [0.15, 0.2) is 0 Å². The van der Waals surface area contributed by atoms with Gasteiger partial charge in [-0.1, -0.05) is 186 Å². The molecule has 0 saturated heterocycles. The Balaban J connectivity index is 0.000000155. The minimum absolute atomic E-state index is 0.625. The summed E-state index contributed by atoms with van der Waals surface area (Å²) in [6.07, 6.45) is 4.64. The van der Waals surface area contributed by atoms with E-state index in [1.807, 2.05) is 6.07 Å². The van der Waals surface area contributed by atoms with Crippen molar-refractivity contribution in [3.05, 3.63) is 180 Å². The molecule has 0 nitrogen and oxygen atoms in total. The van der Waals surface area contributed by atoms with E-state index in [9.17, 15) is 0 Å². The first-order chi connectivity index (χ1) is 30.1. The largest absolute Gasteiger partial charge is 0.184 e. The van der Waals surface area contributed by atoms with E-state index in [1.165, 1.54) is 100 Å². The Bertz CT molecular complexity index is 2440. The molecule has 2 radical (unpaired) electrons. The minimum Gasteiger partial charge on any atom is -0.184 e. The molecule has 0 saturated carbocycles. The molecule has 8 aromatic rings. The first-order valence-corrected chi connectivity index (χ1v) is 29.8. The zero-order chi connectivity index (χ0) is 44.2. The summed E-state index contributed by atoms with van der Waals surface area (Å²) in [6, 6.07) is 58.8. The summed E-state index contributed by atoms with van der Waals surface area (Å²) in [5, 5.41) is 8.43. The van der Waals surface area contributed by atoms with E-state index in [2.05, 4.69) is 207 Å². The van der Waals surface area contributed by atoms with Gasteiger partial charge in [0.25, 0.3) is 0 Å². The molecule has 9 rings (SSSR count). The molecule has 318 valence electrons. The summed E-state index contributed by atoms with van der Waals surface area (Å²) >= 11 is -0.826. The van der Waals surface area contributed by atoms with Gasteiger partial charge in [0.05, 0.1) is 9.52 Å². The van der Waals surface area contributed by atoms with Crippen LogP contribution in [0, 0.1) is 17.9 Å². The van der Waals surface area contributed by atoms with E-state index in [-0.39, 0.29) is 0 Å². The van der Waals surface area contributed by atoms with E-state index in [4.69, 9.17) is 17.0 Å². The summed E-state index contributed by atoms with van der Waals surface area (Å²) in [7, 11) is 10.7. The number of hydrogen-bond acceptors (Lipinski definition) is 0. The quantitative estimate of drug-likeness (QED) is 0.0947. The molecule has 1 aliphatic rings. The number of fused-ring (bicyclic) bond motifs is 5. The Kier molecular flexibility index (Phi) is 17.9. The fraction of sp³-hybridized carbons (Fsp3) is 0.276. The predicted molar refractivity (Wildman–Crippen MR) is 272 cm³/mol. The second-order valence-electron chi connectivity index (χ2n) is 17.5. The van der Waals surface area contributed by atoms with Gasteiger partial charge in [0.1, 0.15) is 0 Å². The average molecular weight is 948 g/mol. The fourth-order valence-corrected chi connectivity index (χ4v) is 9.89. The number of halogens is 2. The molecule has 1 aliphatic heterocycles. The van der Waals surface area contributed by atoms with Gasteiger partial charge in [-0.05, 0) is 47.6 Å². The van der Waals surface area contributed by atoms with E-state index in [0.717, 1.165) is 22.4 Å². The van der Waals surface area contributed by atoms with Gasteiger partial charge in [-0.2, -0.15) is 41.6 Å². The molecular formula is C58H61Cl2SiZr-3. The van der Waals surface area contributed by atoms with Crippen molar-refractivity contribution in [2.75, 3.05) is 0 Å². The molecule has 0 aliphatic carbocycles. The molecule has 8 aromatic carbocycles. The topological polar surface area (TPSA) is 0 Å². The summed E-state index contributed by atoms with van der Waals surface area (Å²) in [6.45, 7) is 18.4. The van der Waals surface area contributed by atoms with Gasteiger partial charge >= 0.3 is 37.9 Å². The zero-order valence-corrected chi connectivity index (χ0v) is 42.8. The van der Waals surface area contributed by atoms with Crippen LogP contribution < -0.4 is 10.4 Å². The first-order valence-electron chi connectivity index (χ1n) is 22.4. The molecule has 2 atom stereocenters. The summed E-state index contributed by atoms with van der Waals surface area (Å²) < 4.78 is 0. The number of rotatable bonds is 10. The average Bonchev–Trinajstić information content (AvgIpc) is 4.02. The maximum absolute atomic E-state index is 4.93. The third kappa shape index (κ3) is 11.9. The molecule has 0 aromatic heterocycles. The fourth-order valence-electron chi connectivity index (χ4n) is 8.58. The molecule has 62 heavy (non-hydrogen) atoms. The van der Waals surface area contributed by atoms with E-state index in [1.54, 1.807) is 0 Å². The second kappa shape index (κ2) is 23.2. The predicted octanol–water partition coefficient (Wildman–Crippen LogP) is 16.4. The van der Waals surface area contributed by atoms with Crippen LogP contribution in [0.3, 0.4) is 0 Å². The standard InChI is InChI=1S/2C23H27.C12H7Si.2ClH.Zr/c2*1-5-17(4)21-14-19-11-12-20(13-16(2)3)23(22(19)15-21)18-9-7-6-8-10-18;1-3-7-11-9(5-1)10-6-2-4-8-12(10)13-11;;;/h2*6-12,14-17H,5,13H2,1-4H3;1-7H;2*1H;/q3*-1;;;+2/p-2. The van der Waals surface area contributed by atoms with Crippen LogP contribution in [0.4, 0.5) is 0 Å². The summed E-state index contributed by atoms with van der Waals surface area (Å²) in [4.78, 5) is 0. The number of hydrogen-bond donors (Lipinski definition) is 0. The smallest absolute Gasteiger partial charge is 0.0920 e. The minimum atomic E-state index is -0.826. The summed E-state index contributed by atoms with van der Waals surface area (Å²) in [5.41, 5.74) is 14.2. The third-order valence-corrected chi connectivity index (χ3v) is 13.4. The third-order valence-electron chi connectivity index (χ3n) is 12.1. The van der Waals surface area contributed by atoms with Crippen molar-refractivity contribution in [2.45, 2.75) is 92.9 Å². The molecular weight excluding hydrogens is 887 g/mol. The molecule has 2 unspecified atom stereocenters. The van der Waals surface area contributed by atoms with Gasteiger partial charge in [0, 0.05) is 0 Å². The van der Waals surface area contributed by atoms with Crippen molar-refractivity contribution in [3.63, 3.8) is 0 Å². The van der Waals surface area contributed by atoms with Crippen LogP contribution in [0.1, 0.15) is 102 Å². The van der Waals surface area contributed by atoms with Gasteiger partial charge in [0.2, 0.25) is 0 Å². The Hall–Kier alpha value is -3.78. The van der Waals surface area contributed by atoms with Gasteiger partial charge in [-0.25, -0.2) is 0 Å². The van der Waals surface area contributed by atoms with E-state index in [0.29, 0.717) is 23.7 Å². The van der Waals surface area contributed by atoms with Crippen LogP contribution in [0.15, 0.2) is 152 Å². The molecule has 0 fully saturated rings. The molecule has 0 N–H and O–H groups in total. The Morgan fingerprint density at radius 3 is 1.44 bits per heavy atom. The van der Waals surface area contributed by atoms with Crippen molar-refractivity contribution in [2.24, 2.45) is 11.8 Å². The molecule has 0 bridgehead atoms. The molecule has 1 heterocycles. The van der Waals surface area contributed by atoms with Crippen molar-refractivity contribution in [1.29, 1.82) is 0 Å². The van der Waals surface area contributed by atoms with Gasteiger partial charge in [-0.3, -0.25) is 0 Å². The van der Waals surface area contributed by atoms with E-state index >= 15 is 0 Å². The normalized spacial score (nSPS) is 12.4. The van der Waals surface area contributed by atoms with Crippen molar-refractivity contribution in [1.82, 2.24) is 0 Å². The Morgan fingerprint density at radius 2 is 0.984 bits per heavy atom. The molecule has 0 amide bonds. The Morgan fingerprint density at radius 1 is 0.548 bits per heavy atom. The van der Waals surface area contributed by atoms with Crippen LogP contribution >= 0.6 is 17.0 Å². The second-order valence-corrected chi connectivity index (χ2v) is 22.6. The van der Waals surface area contributed by atoms with Crippen LogP contribution in [-0.2, 0) is 33.7 Å². The van der Waals surface area contributed by atoms with Gasteiger partial charge in [-0.15, -0.1) is 74.6 Å². The molecule has 4 heteroatoms. The summed E-state index contributed by atoms with van der Waals surface area (Å²) in [5.74, 6) is 2.58. The van der Waals surface area contributed by atoms with Crippen molar-refractivity contribution < 1.29 is 20.8 Å². The maximum Gasteiger partial charge on any atom is 0.0920 e. The zero-order valence-electron chi connectivity index (χ0n) is 37.8. The monoisotopic (exact) mass is 945 g/mol. The van der Waals surface area contributed by atoms with Crippen LogP contribution in [-0.4, -0.2) is 9.52 Å². The van der Waals surface area contributed by atoms with E-state index < -0.39 is 20.8 Å². The SMILES string of the molecule is CCC(C)c1cc2c(-c3ccccc3)c(CC(C)C)ccc2[cH-]1.CCC(C)c1cc2c(-c3ccccc3)c(CC(C)C)ccc2[cH-]1.[Cl][Zr][Cl].[c-]1cccc2c1[Si]c1ccccc1-2. The van der Waals surface area contributed by atoms with Gasteiger partial charge < -0.3 is 0 Å². The Labute approximate surface area is 394 Å². The first kappa shape index (κ1) is 47.7. The molecule has 0 spiro atoms. The maximum atomic E-state index is 4.93. The van der Waals surface area contributed by atoms with Crippen LogP contribution in [0.25, 0.3) is 54.9 Å². The van der Waals surface area contributed by atoms with Crippen LogP contribution in [0.5, 0.6) is 0 Å². The van der Waals surface area contributed by atoms with Crippen molar-refractivity contribution >= 4 is 58.5 Å². The van der Waals surface area contributed by atoms with Crippen molar-refractivity contribution in [3.8, 4) is 33.4 Å².